The highest BCUT2D eigenvalue weighted by Gasteiger charge is 2.45. The average Bonchev–Trinajstić information content (AvgIpc) is 3.12. The van der Waals surface area contributed by atoms with Gasteiger partial charge in [-0.15, -0.1) is 24.0 Å². The van der Waals surface area contributed by atoms with Crippen LogP contribution in [-0.2, 0) is 5.41 Å². The van der Waals surface area contributed by atoms with Crippen LogP contribution in [0.3, 0.4) is 0 Å². The number of hydrogen-bond donors (Lipinski definition) is 2. The number of nitrogens with zero attached hydrogens (tertiary/aromatic N) is 1. The van der Waals surface area contributed by atoms with Gasteiger partial charge >= 0.3 is 0 Å². The molecule has 1 fully saturated rings. The number of aliphatic imine (C=N–C) groups is 1. The maximum absolute atomic E-state index is 13.7. The van der Waals surface area contributed by atoms with Crippen LogP contribution in [0.5, 0.6) is 0 Å². The van der Waals surface area contributed by atoms with E-state index < -0.39 is 0 Å². The second-order valence-electron chi connectivity index (χ2n) is 4.44. The minimum Gasteiger partial charge on any atom is -0.359 e. The van der Waals surface area contributed by atoms with Crippen LogP contribution in [0.1, 0.15) is 18.4 Å². The fraction of sp³-hybridized carbons (Fsp3) is 0.462. The molecule has 3 nitrogen and oxygen atoms in total. The van der Waals surface area contributed by atoms with Gasteiger partial charge in [-0.1, -0.05) is 18.2 Å². The largest absolute Gasteiger partial charge is 0.359 e. The topological polar surface area (TPSA) is 36.4 Å². The van der Waals surface area contributed by atoms with Crippen LogP contribution in [-0.4, -0.2) is 26.6 Å². The van der Waals surface area contributed by atoms with Gasteiger partial charge < -0.3 is 10.6 Å². The fourth-order valence-corrected chi connectivity index (χ4v) is 2.12. The first-order valence-corrected chi connectivity index (χ1v) is 5.85. The molecule has 0 aliphatic heterocycles. The minimum atomic E-state index is -0.105. The predicted molar refractivity (Wildman–Crippen MR) is 83.1 cm³/mol. The summed E-state index contributed by atoms with van der Waals surface area (Å²) in [5.74, 6) is 0.638. The van der Waals surface area contributed by atoms with E-state index in [2.05, 4.69) is 15.6 Å². The molecule has 0 unspecified atom stereocenters. The summed E-state index contributed by atoms with van der Waals surface area (Å²) in [6, 6.07) is 7.04. The minimum absolute atomic E-state index is 0. The highest BCUT2D eigenvalue weighted by atomic mass is 127. The predicted octanol–water partition coefficient (Wildman–Crippen LogP) is 2.27. The van der Waals surface area contributed by atoms with Crippen molar-refractivity contribution in [3.63, 3.8) is 0 Å². The van der Waals surface area contributed by atoms with E-state index in [9.17, 15) is 4.39 Å². The summed E-state index contributed by atoms with van der Waals surface area (Å²) < 4.78 is 13.7. The Morgan fingerprint density at radius 3 is 2.56 bits per heavy atom. The molecule has 0 spiro atoms. The van der Waals surface area contributed by atoms with Crippen molar-refractivity contribution < 1.29 is 4.39 Å². The second kappa shape index (κ2) is 6.36. The molecule has 1 aliphatic carbocycles. The smallest absolute Gasteiger partial charge is 0.190 e. The average molecular weight is 363 g/mol. The molecule has 1 aliphatic rings. The molecule has 0 amide bonds. The van der Waals surface area contributed by atoms with Gasteiger partial charge in [0.15, 0.2) is 5.96 Å². The van der Waals surface area contributed by atoms with Crippen molar-refractivity contribution in [2.24, 2.45) is 4.99 Å². The number of rotatable bonds is 3. The molecular weight excluding hydrogens is 344 g/mol. The molecule has 1 saturated carbocycles. The Labute approximate surface area is 124 Å². The Hall–Kier alpha value is -0.850. The molecule has 0 aromatic heterocycles. The Morgan fingerprint density at radius 2 is 2.06 bits per heavy atom. The molecule has 0 saturated heterocycles. The summed E-state index contributed by atoms with van der Waals surface area (Å²) in [4.78, 5) is 4.05. The number of nitrogens with one attached hydrogen (secondary N) is 2. The normalized spacial score (nSPS) is 16.7. The third-order valence-electron chi connectivity index (χ3n) is 3.35. The zero-order chi connectivity index (χ0) is 12.3. The Morgan fingerprint density at radius 1 is 1.39 bits per heavy atom. The Bertz CT molecular complexity index is 430. The molecule has 5 heteroatoms. The van der Waals surface area contributed by atoms with E-state index >= 15 is 0 Å². The van der Waals surface area contributed by atoms with Crippen LogP contribution in [0.25, 0.3) is 0 Å². The lowest BCUT2D eigenvalue weighted by molar-refractivity contribution is 0.560. The lowest BCUT2D eigenvalue weighted by Crippen LogP contribution is -2.39. The first-order valence-electron chi connectivity index (χ1n) is 5.85. The van der Waals surface area contributed by atoms with Crippen LogP contribution in [0.2, 0.25) is 0 Å². The summed E-state index contributed by atoms with van der Waals surface area (Å²) in [5.41, 5.74) is 0.775. The molecule has 2 rings (SSSR count). The maximum Gasteiger partial charge on any atom is 0.190 e. The van der Waals surface area contributed by atoms with E-state index in [4.69, 9.17) is 0 Å². The maximum atomic E-state index is 13.7. The molecule has 1 aromatic carbocycles. The van der Waals surface area contributed by atoms with E-state index in [1.165, 1.54) is 6.07 Å². The van der Waals surface area contributed by atoms with Gasteiger partial charge in [0.1, 0.15) is 5.82 Å². The first-order chi connectivity index (χ1) is 8.22. The van der Waals surface area contributed by atoms with Gasteiger partial charge in [-0.2, -0.15) is 0 Å². The molecule has 2 N–H and O–H groups in total. The highest BCUT2D eigenvalue weighted by Crippen LogP contribution is 2.48. The third kappa shape index (κ3) is 3.13. The van der Waals surface area contributed by atoms with Crippen molar-refractivity contribution in [3.05, 3.63) is 35.6 Å². The molecule has 0 bridgehead atoms. The number of hydrogen-bond acceptors (Lipinski definition) is 1. The quantitative estimate of drug-likeness (QED) is 0.491. The van der Waals surface area contributed by atoms with Gasteiger partial charge in [0.25, 0.3) is 0 Å². The SMILES string of the molecule is CN=C(NC)NCC1(c2ccccc2F)CC1.I. The van der Waals surface area contributed by atoms with E-state index in [0.29, 0.717) is 0 Å². The standard InChI is InChI=1S/C13H18FN3.HI/c1-15-12(16-2)17-9-13(7-8-13)10-5-3-4-6-11(10)14;/h3-6H,7-9H2,1-2H3,(H2,15,16,17);1H. The first kappa shape index (κ1) is 15.2. The Kier molecular flexibility index (Phi) is 5.37. The lowest BCUT2D eigenvalue weighted by atomic mass is 9.95. The molecule has 0 radical (unpaired) electrons. The summed E-state index contributed by atoms with van der Waals surface area (Å²) in [6.45, 7) is 0.724. The Balaban J connectivity index is 0.00000162. The summed E-state index contributed by atoms with van der Waals surface area (Å²) in [5, 5.41) is 6.18. The molecule has 100 valence electrons. The molecule has 0 atom stereocenters. The summed E-state index contributed by atoms with van der Waals surface area (Å²) in [7, 11) is 3.54. The van der Waals surface area contributed by atoms with Crippen molar-refractivity contribution in [2.45, 2.75) is 18.3 Å². The van der Waals surface area contributed by atoms with Crippen LogP contribution < -0.4 is 10.6 Å². The van der Waals surface area contributed by atoms with Gasteiger partial charge in [0, 0.05) is 26.1 Å². The molecule has 1 aromatic rings. The van der Waals surface area contributed by atoms with Crippen molar-refractivity contribution in [1.82, 2.24) is 10.6 Å². The van der Waals surface area contributed by atoms with Crippen molar-refractivity contribution in [1.29, 1.82) is 0 Å². The van der Waals surface area contributed by atoms with E-state index in [0.717, 1.165) is 30.9 Å². The third-order valence-corrected chi connectivity index (χ3v) is 3.35. The van der Waals surface area contributed by atoms with Crippen LogP contribution in [0.4, 0.5) is 4.39 Å². The van der Waals surface area contributed by atoms with Crippen LogP contribution in [0.15, 0.2) is 29.3 Å². The number of guanidine groups is 1. The molecule has 0 heterocycles. The zero-order valence-electron chi connectivity index (χ0n) is 10.7. The van der Waals surface area contributed by atoms with Gasteiger partial charge in [0.05, 0.1) is 0 Å². The second-order valence-corrected chi connectivity index (χ2v) is 4.44. The van der Waals surface area contributed by atoms with Crippen LogP contribution in [0, 0.1) is 5.82 Å². The van der Waals surface area contributed by atoms with Crippen molar-refractivity contribution in [2.75, 3.05) is 20.6 Å². The summed E-state index contributed by atoms with van der Waals surface area (Å²) >= 11 is 0. The van der Waals surface area contributed by atoms with Gasteiger partial charge in [-0.25, -0.2) is 4.39 Å². The van der Waals surface area contributed by atoms with Gasteiger partial charge in [-0.05, 0) is 24.5 Å². The van der Waals surface area contributed by atoms with Crippen molar-refractivity contribution >= 4 is 29.9 Å². The highest BCUT2D eigenvalue weighted by molar-refractivity contribution is 14.0. The zero-order valence-corrected chi connectivity index (χ0v) is 13.0. The van der Waals surface area contributed by atoms with E-state index in [-0.39, 0.29) is 35.2 Å². The van der Waals surface area contributed by atoms with E-state index in [1.807, 2.05) is 19.2 Å². The number of halogens is 2. The number of benzene rings is 1. The van der Waals surface area contributed by atoms with Crippen molar-refractivity contribution in [3.8, 4) is 0 Å². The summed E-state index contributed by atoms with van der Waals surface area (Å²) in [6.07, 6.45) is 2.06. The van der Waals surface area contributed by atoms with Gasteiger partial charge in [0.2, 0.25) is 0 Å². The molecular formula is C13H19FIN3. The monoisotopic (exact) mass is 363 g/mol. The van der Waals surface area contributed by atoms with Gasteiger partial charge in [-0.3, -0.25) is 4.99 Å². The fourth-order valence-electron chi connectivity index (χ4n) is 2.12. The molecule has 18 heavy (non-hydrogen) atoms. The lowest BCUT2D eigenvalue weighted by Gasteiger charge is -2.18. The van der Waals surface area contributed by atoms with Crippen LogP contribution >= 0.6 is 24.0 Å². The van der Waals surface area contributed by atoms with E-state index in [1.54, 1.807) is 13.1 Å².